The van der Waals surface area contributed by atoms with Gasteiger partial charge < -0.3 is 11.5 Å². The first-order valence-electron chi connectivity index (χ1n) is 3.21. The summed E-state index contributed by atoms with van der Waals surface area (Å²) in [7, 11) is 0. The minimum absolute atomic E-state index is 0.144. The lowest BCUT2D eigenvalue weighted by Crippen LogP contribution is -2.56. The molecule has 0 saturated carbocycles. The summed E-state index contributed by atoms with van der Waals surface area (Å²) in [6.45, 7) is 1.94. The van der Waals surface area contributed by atoms with E-state index in [9.17, 15) is 4.79 Å². The number of carbonyl (C=O) groups excluding carboxylic acids is 1. The van der Waals surface area contributed by atoms with Gasteiger partial charge in [-0.3, -0.25) is 4.79 Å². The molecule has 0 aliphatic heterocycles. The third-order valence-corrected chi connectivity index (χ3v) is 1.81. The summed E-state index contributed by atoms with van der Waals surface area (Å²) < 4.78 is 0. The highest BCUT2D eigenvalue weighted by molar-refractivity contribution is 9.09. The molecule has 0 fully saturated rings. The van der Waals surface area contributed by atoms with Crippen LogP contribution in [0.4, 0.5) is 0 Å². The van der Waals surface area contributed by atoms with Gasteiger partial charge in [0.1, 0.15) is 5.66 Å². The monoisotopic (exact) mass is 208 g/mol. The van der Waals surface area contributed by atoms with E-state index < -0.39 is 5.66 Å². The van der Waals surface area contributed by atoms with Crippen LogP contribution in [0.2, 0.25) is 0 Å². The Morgan fingerprint density at radius 1 is 1.60 bits per heavy atom. The second-order valence-corrected chi connectivity index (χ2v) is 2.91. The third-order valence-electron chi connectivity index (χ3n) is 1.30. The Morgan fingerprint density at radius 3 is 2.40 bits per heavy atom. The lowest BCUT2D eigenvalue weighted by atomic mass is 10.0. The first-order valence-corrected chi connectivity index (χ1v) is 4.33. The maximum Gasteiger partial charge on any atom is 0.177 e. The molecule has 0 saturated heterocycles. The summed E-state index contributed by atoms with van der Waals surface area (Å²) in [6, 6.07) is 0. The van der Waals surface area contributed by atoms with Crippen molar-refractivity contribution in [1.82, 2.24) is 0 Å². The molecule has 0 rings (SSSR count). The number of hydrogen-bond acceptors (Lipinski definition) is 3. The minimum atomic E-state index is -1.13. The molecule has 0 bridgehead atoms. The van der Waals surface area contributed by atoms with Gasteiger partial charge in [-0.15, -0.1) is 0 Å². The van der Waals surface area contributed by atoms with Gasteiger partial charge in [0.2, 0.25) is 0 Å². The number of nitrogens with two attached hydrogens (primary N) is 2. The normalized spacial score (nSPS) is 11.6. The van der Waals surface area contributed by atoms with Crippen LogP contribution < -0.4 is 11.5 Å². The lowest BCUT2D eigenvalue weighted by Gasteiger charge is -2.20. The number of carbonyl (C=O) groups is 1. The van der Waals surface area contributed by atoms with Crippen molar-refractivity contribution in [2.45, 2.75) is 25.4 Å². The zero-order valence-corrected chi connectivity index (χ0v) is 7.65. The maximum atomic E-state index is 10.9. The predicted octanol–water partition coefficient (Wildman–Crippen LogP) is 0.364. The number of ketones is 1. The van der Waals surface area contributed by atoms with E-state index in [1.807, 2.05) is 6.92 Å². The molecule has 4 heteroatoms. The number of hydrogen-bond donors (Lipinski definition) is 2. The number of alkyl halides is 1. The molecule has 3 nitrogen and oxygen atoms in total. The van der Waals surface area contributed by atoms with Crippen molar-refractivity contribution in [2.24, 2.45) is 11.5 Å². The fourth-order valence-corrected chi connectivity index (χ4v) is 1.20. The van der Waals surface area contributed by atoms with Crippen molar-refractivity contribution >= 4 is 21.7 Å². The van der Waals surface area contributed by atoms with E-state index in [1.165, 1.54) is 0 Å². The quantitative estimate of drug-likeness (QED) is 0.519. The molecular formula is C6H13BrN2O. The van der Waals surface area contributed by atoms with Crippen LogP contribution in [0.5, 0.6) is 0 Å². The molecule has 0 spiro atoms. The van der Waals surface area contributed by atoms with E-state index in [0.717, 1.165) is 6.42 Å². The Kier molecular flexibility index (Phi) is 4.08. The van der Waals surface area contributed by atoms with Crippen molar-refractivity contribution < 1.29 is 4.79 Å². The van der Waals surface area contributed by atoms with Crippen LogP contribution in [0.15, 0.2) is 0 Å². The highest BCUT2D eigenvalue weighted by Gasteiger charge is 2.25. The first kappa shape index (κ1) is 10.1. The molecule has 0 aliphatic carbocycles. The third kappa shape index (κ3) is 2.77. The van der Waals surface area contributed by atoms with Crippen molar-refractivity contribution in [3.05, 3.63) is 0 Å². The van der Waals surface area contributed by atoms with E-state index in [0.29, 0.717) is 6.42 Å². The van der Waals surface area contributed by atoms with Gasteiger partial charge in [-0.1, -0.05) is 29.3 Å². The molecule has 10 heavy (non-hydrogen) atoms. The van der Waals surface area contributed by atoms with Gasteiger partial charge in [0, 0.05) is 0 Å². The van der Waals surface area contributed by atoms with E-state index in [2.05, 4.69) is 15.9 Å². The average Bonchev–Trinajstić information content (AvgIpc) is 1.86. The molecule has 60 valence electrons. The van der Waals surface area contributed by atoms with Crippen molar-refractivity contribution in [3.8, 4) is 0 Å². The van der Waals surface area contributed by atoms with Gasteiger partial charge in [0.25, 0.3) is 0 Å². The van der Waals surface area contributed by atoms with Gasteiger partial charge in [-0.2, -0.15) is 0 Å². The summed E-state index contributed by atoms with van der Waals surface area (Å²) in [4.78, 5) is 10.9. The van der Waals surface area contributed by atoms with Gasteiger partial charge in [0.15, 0.2) is 5.78 Å². The van der Waals surface area contributed by atoms with Crippen molar-refractivity contribution in [3.63, 3.8) is 0 Å². The first-order chi connectivity index (χ1) is 4.54. The van der Waals surface area contributed by atoms with Crippen LogP contribution in [0.3, 0.4) is 0 Å². The van der Waals surface area contributed by atoms with E-state index in [-0.39, 0.29) is 11.1 Å². The zero-order chi connectivity index (χ0) is 8.20. The standard InChI is InChI=1S/C6H13BrN2O/c1-2-3-6(8,9)5(10)4-7/h2-4,8-9H2,1H3. The summed E-state index contributed by atoms with van der Waals surface area (Å²) in [5, 5.41) is 0.236. The second kappa shape index (κ2) is 4.05. The average molecular weight is 209 g/mol. The number of rotatable bonds is 4. The summed E-state index contributed by atoms with van der Waals surface area (Å²) in [6.07, 6.45) is 1.36. The highest BCUT2D eigenvalue weighted by Crippen LogP contribution is 2.04. The Labute approximate surface area is 69.3 Å². The molecular weight excluding hydrogens is 196 g/mol. The Balaban J connectivity index is 3.96. The highest BCUT2D eigenvalue weighted by atomic mass is 79.9. The van der Waals surface area contributed by atoms with E-state index >= 15 is 0 Å². The SMILES string of the molecule is CCCC(N)(N)C(=O)CBr. The Hall–Kier alpha value is 0.0700. The smallest absolute Gasteiger partial charge is 0.177 e. The van der Waals surface area contributed by atoms with E-state index in [1.54, 1.807) is 0 Å². The van der Waals surface area contributed by atoms with Gasteiger partial charge in [0.05, 0.1) is 5.33 Å². The lowest BCUT2D eigenvalue weighted by molar-refractivity contribution is -0.121. The van der Waals surface area contributed by atoms with Gasteiger partial charge in [-0.05, 0) is 6.42 Å². The fraction of sp³-hybridized carbons (Fsp3) is 0.833. The second-order valence-electron chi connectivity index (χ2n) is 2.35. The van der Waals surface area contributed by atoms with Crippen LogP contribution in [0.1, 0.15) is 19.8 Å². The molecule has 0 aromatic carbocycles. The summed E-state index contributed by atoms with van der Waals surface area (Å²) in [5.41, 5.74) is 9.83. The topological polar surface area (TPSA) is 69.1 Å². The maximum absolute atomic E-state index is 10.9. The van der Waals surface area contributed by atoms with Crippen LogP contribution >= 0.6 is 15.9 Å². The molecule has 0 aromatic heterocycles. The van der Waals surface area contributed by atoms with Crippen LogP contribution in [-0.2, 0) is 4.79 Å². The van der Waals surface area contributed by atoms with Gasteiger partial charge in [-0.25, -0.2) is 0 Å². The molecule has 4 N–H and O–H groups in total. The molecule has 0 amide bonds. The largest absolute Gasteiger partial charge is 0.307 e. The van der Waals surface area contributed by atoms with Crippen LogP contribution in [-0.4, -0.2) is 16.8 Å². The van der Waals surface area contributed by atoms with Crippen molar-refractivity contribution in [2.75, 3.05) is 5.33 Å². The molecule has 0 unspecified atom stereocenters. The fourth-order valence-electron chi connectivity index (χ4n) is 0.677. The van der Waals surface area contributed by atoms with Crippen molar-refractivity contribution in [1.29, 1.82) is 0 Å². The summed E-state index contributed by atoms with van der Waals surface area (Å²) in [5.74, 6) is -0.144. The molecule has 0 aromatic rings. The van der Waals surface area contributed by atoms with Crippen LogP contribution in [0, 0.1) is 0 Å². The predicted molar refractivity (Wildman–Crippen MR) is 44.8 cm³/mol. The molecule has 0 radical (unpaired) electrons. The Bertz CT molecular complexity index is 125. The minimum Gasteiger partial charge on any atom is -0.307 e. The number of halogens is 1. The Morgan fingerprint density at radius 2 is 2.10 bits per heavy atom. The zero-order valence-electron chi connectivity index (χ0n) is 6.06. The van der Waals surface area contributed by atoms with Crippen LogP contribution in [0.25, 0.3) is 0 Å². The molecule has 0 aliphatic rings. The van der Waals surface area contributed by atoms with E-state index in [4.69, 9.17) is 11.5 Å². The molecule has 0 atom stereocenters. The molecule has 0 heterocycles. The van der Waals surface area contributed by atoms with Gasteiger partial charge >= 0.3 is 0 Å². The summed E-state index contributed by atoms with van der Waals surface area (Å²) >= 11 is 3.01. The number of Topliss-reactive ketones (excluding diaryl/α,β-unsaturated/α-hetero) is 1.